The summed E-state index contributed by atoms with van der Waals surface area (Å²) in [6, 6.07) is 2.06. The molecule has 1 heterocycles. The van der Waals surface area contributed by atoms with Crippen molar-refractivity contribution in [3.8, 4) is 0 Å². The maximum absolute atomic E-state index is 12.4. The van der Waals surface area contributed by atoms with Crippen molar-refractivity contribution in [1.29, 1.82) is 0 Å². The number of esters is 1. The average Bonchev–Trinajstić information content (AvgIpc) is 2.46. The Bertz CT molecular complexity index is 451. The highest BCUT2D eigenvalue weighted by molar-refractivity contribution is 5.69. The number of carbonyl (C=O) groups excluding carboxylic acids is 1. The van der Waals surface area contributed by atoms with Crippen LogP contribution in [0.15, 0.2) is 12.1 Å². The number of hydrogen-bond donors (Lipinski definition) is 0. The molecule has 0 amide bonds. The number of halogens is 3. The van der Waals surface area contributed by atoms with Gasteiger partial charge < -0.3 is 14.4 Å². The van der Waals surface area contributed by atoms with E-state index >= 15 is 0 Å². The summed E-state index contributed by atoms with van der Waals surface area (Å²) in [5.74, 6) is -0.179. The predicted octanol–water partition coefficient (Wildman–Crippen LogP) is 1.51. The molecule has 9 heteroatoms. The molecule has 1 rings (SSSR count). The molecule has 0 N–H and O–H groups in total. The molecule has 0 saturated heterocycles. The van der Waals surface area contributed by atoms with Gasteiger partial charge in [-0.2, -0.15) is 13.2 Å². The van der Waals surface area contributed by atoms with Crippen LogP contribution in [0.1, 0.15) is 12.1 Å². The fraction of sp³-hybridized carbons (Fsp3) is 0.583. The first-order chi connectivity index (χ1) is 9.88. The molecule has 0 unspecified atom stereocenters. The largest absolute Gasteiger partial charge is 0.469 e. The molecule has 0 fully saturated rings. The summed E-state index contributed by atoms with van der Waals surface area (Å²) in [5, 5.41) is 6.70. The van der Waals surface area contributed by atoms with E-state index in [2.05, 4.69) is 14.9 Å². The number of carbonyl (C=O) groups is 1. The van der Waals surface area contributed by atoms with Crippen LogP contribution in [-0.2, 0) is 20.4 Å². The number of anilines is 1. The highest BCUT2D eigenvalue weighted by Crippen LogP contribution is 2.27. The fourth-order valence-corrected chi connectivity index (χ4v) is 1.52. The molecule has 0 saturated carbocycles. The maximum atomic E-state index is 12.4. The standard InChI is InChI=1S/C12H16F3N3O3/c1-20-8-7-18(6-5-11(19)21-2)10-4-3-9(16-17-10)12(13,14)15/h3-4H,5-8H2,1-2H3. The molecule has 1 aromatic rings. The number of rotatable bonds is 7. The van der Waals surface area contributed by atoms with Crippen molar-refractivity contribution in [2.24, 2.45) is 0 Å². The highest BCUT2D eigenvalue weighted by Gasteiger charge is 2.33. The quantitative estimate of drug-likeness (QED) is 0.712. The second-order valence-corrected chi connectivity index (χ2v) is 4.08. The van der Waals surface area contributed by atoms with Crippen LogP contribution in [0, 0.1) is 0 Å². The number of nitrogens with zero attached hydrogens (tertiary/aromatic N) is 3. The van der Waals surface area contributed by atoms with Crippen LogP contribution in [0.2, 0.25) is 0 Å². The Morgan fingerprint density at radius 3 is 2.43 bits per heavy atom. The number of ether oxygens (including phenoxy) is 2. The molecule has 118 valence electrons. The van der Waals surface area contributed by atoms with Crippen molar-refractivity contribution in [2.45, 2.75) is 12.6 Å². The second kappa shape index (κ2) is 7.77. The maximum Gasteiger partial charge on any atom is 0.435 e. The van der Waals surface area contributed by atoms with Crippen molar-refractivity contribution in [2.75, 3.05) is 38.8 Å². The first-order valence-corrected chi connectivity index (χ1v) is 6.10. The van der Waals surface area contributed by atoms with Crippen molar-refractivity contribution in [3.63, 3.8) is 0 Å². The van der Waals surface area contributed by atoms with E-state index in [1.807, 2.05) is 0 Å². The van der Waals surface area contributed by atoms with Gasteiger partial charge in [-0.05, 0) is 12.1 Å². The van der Waals surface area contributed by atoms with Gasteiger partial charge in [-0.1, -0.05) is 0 Å². The lowest BCUT2D eigenvalue weighted by Crippen LogP contribution is -2.31. The lowest BCUT2D eigenvalue weighted by atomic mass is 10.3. The van der Waals surface area contributed by atoms with E-state index in [-0.39, 0.29) is 18.8 Å². The molecule has 1 aromatic heterocycles. The summed E-state index contributed by atoms with van der Waals surface area (Å²) < 4.78 is 46.7. The van der Waals surface area contributed by atoms with Crippen LogP contribution in [0.3, 0.4) is 0 Å². The highest BCUT2D eigenvalue weighted by atomic mass is 19.4. The number of hydrogen-bond acceptors (Lipinski definition) is 6. The fourth-order valence-electron chi connectivity index (χ4n) is 1.52. The summed E-state index contributed by atoms with van der Waals surface area (Å²) in [6.07, 6.45) is -4.45. The molecular formula is C12H16F3N3O3. The van der Waals surface area contributed by atoms with Gasteiger partial charge in [0.1, 0.15) is 0 Å². The normalized spacial score (nSPS) is 11.3. The SMILES string of the molecule is COCCN(CCC(=O)OC)c1ccc(C(F)(F)F)nn1. The molecule has 0 aliphatic carbocycles. The van der Waals surface area contributed by atoms with Crippen LogP contribution in [0.25, 0.3) is 0 Å². The third kappa shape index (κ3) is 5.54. The van der Waals surface area contributed by atoms with Crippen molar-refractivity contribution >= 4 is 11.8 Å². The minimum atomic E-state index is -4.53. The Kier molecular flexibility index (Phi) is 6.35. The lowest BCUT2D eigenvalue weighted by Gasteiger charge is -2.22. The zero-order valence-corrected chi connectivity index (χ0v) is 11.7. The minimum Gasteiger partial charge on any atom is -0.469 e. The molecule has 0 bridgehead atoms. The van der Waals surface area contributed by atoms with Crippen LogP contribution >= 0.6 is 0 Å². The third-order valence-corrected chi connectivity index (χ3v) is 2.64. The Balaban J connectivity index is 2.79. The van der Waals surface area contributed by atoms with E-state index in [0.29, 0.717) is 13.2 Å². The lowest BCUT2D eigenvalue weighted by molar-refractivity contribution is -0.142. The number of alkyl halides is 3. The number of methoxy groups -OCH3 is 2. The monoisotopic (exact) mass is 307 g/mol. The Hall–Kier alpha value is -1.90. The molecule has 0 spiro atoms. The predicted molar refractivity (Wildman–Crippen MR) is 67.8 cm³/mol. The summed E-state index contributed by atoms with van der Waals surface area (Å²) in [7, 11) is 2.76. The van der Waals surface area contributed by atoms with E-state index < -0.39 is 17.8 Å². The molecule has 0 atom stereocenters. The topological polar surface area (TPSA) is 64.5 Å². The van der Waals surface area contributed by atoms with Crippen LogP contribution < -0.4 is 4.90 Å². The van der Waals surface area contributed by atoms with Crippen LogP contribution in [0.5, 0.6) is 0 Å². The van der Waals surface area contributed by atoms with Gasteiger partial charge in [0.15, 0.2) is 11.5 Å². The summed E-state index contributed by atoms with van der Waals surface area (Å²) in [5.41, 5.74) is -1.06. The van der Waals surface area contributed by atoms with Gasteiger partial charge in [-0.15, -0.1) is 10.2 Å². The van der Waals surface area contributed by atoms with Gasteiger partial charge >= 0.3 is 12.1 Å². The van der Waals surface area contributed by atoms with Gasteiger partial charge in [-0.3, -0.25) is 4.79 Å². The molecule has 21 heavy (non-hydrogen) atoms. The molecule has 0 radical (unpaired) electrons. The van der Waals surface area contributed by atoms with Crippen molar-refractivity contribution in [3.05, 3.63) is 17.8 Å². The van der Waals surface area contributed by atoms with E-state index in [1.54, 1.807) is 4.90 Å². The van der Waals surface area contributed by atoms with Gasteiger partial charge in [0, 0.05) is 20.2 Å². The average molecular weight is 307 g/mol. The summed E-state index contributed by atoms with van der Waals surface area (Å²) >= 11 is 0. The molecule has 0 aromatic carbocycles. The summed E-state index contributed by atoms with van der Waals surface area (Å²) in [4.78, 5) is 12.7. The third-order valence-electron chi connectivity index (χ3n) is 2.64. The second-order valence-electron chi connectivity index (χ2n) is 4.08. The smallest absolute Gasteiger partial charge is 0.435 e. The van der Waals surface area contributed by atoms with Crippen molar-refractivity contribution < 1.29 is 27.4 Å². The number of aromatic nitrogens is 2. The first-order valence-electron chi connectivity index (χ1n) is 6.10. The molecular weight excluding hydrogens is 291 g/mol. The minimum absolute atomic E-state index is 0.0862. The zero-order chi connectivity index (χ0) is 15.9. The van der Waals surface area contributed by atoms with E-state index in [9.17, 15) is 18.0 Å². The van der Waals surface area contributed by atoms with Gasteiger partial charge in [0.05, 0.1) is 20.1 Å². The Morgan fingerprint density at radius 1 is 1.24 bits per heavy atom. The van der Waals surface area contributed by atoms with Crippen LogP contribution in [-0.4, -0.2) is 50.1 Å². The van der Waals surface area contributed by atoms with Gasteiger partial charge in [0.25, 0.3) is 0 Å². The Morgan fingerprint density at radius 2 is 1.95 bits per heavy atom. The van der Waals surface area contributed by atoms with E-state index in [4.69, 9.17) is 4.74 Å². The van der Waals surface area contributed by atoms with Crippen LogP contribution in [0.4, 0.5) is 19.0 Å². The van der Waals surface area contributed by atoms with Gasteiger partial charge in [-0.25, -0.2) is 0 Å². The zero-order valence-electron chi connectivity index (χ0n) is 11.7. The molecule has 0 aliphatic heterocycles. The van der Waals surface area contributed by atoms with E-state index in [0.717, 1.165) is 6.07 Å². The first kappa shape index (κ1) is 17.2. The molecule has 0 aliphatic rings. The van der Waals surface area contributed by atoms with E-state index in [1.165, 1.54) is 20.3 Å². The Labute approximate surface area is 119 Å². The van der Waals surface area contributed by atoms with Gasteiger partial charge in [0.2, 0.25) is 0 Å². The summed E-state index contributed by atoms with van der Waals surface area (Å²) in [6.45, 7) is 0.952. The van der Waals surface area contributed by atoms with Crippen molar-refractivity contribution in [1.82, 2.24) is 10.2 Å². The molecule has 6 nitrogen and oxygen atoms in total.